The Bertz CT molecular complexity index is 363. The molecule has 0 amide bonds. The Hall–Kier alpha value is -0.860. The van der Waals surface area contributed by atoms with Crippen LogP contribution in [0.4, 0.5) is 0 Å². The zero-order valence-corrected chi connectivity index (χ0v) is 10.2. The fourth-order valence-electron chi connectivity index (χ4n) is 2.41. The molecule has 2 nitrogen and oxygen atoms in total. The minimum Gasteiger partial charge on any atom is -0.306 e. The molecule has 16 heavy (non-hydrogen) atoms. The first-order chi connectivity index (χ1) is 7.70. The predicted octanol–water partition coefficient (Wildman–Crippen LogP) is 2.57. The highest BCUT2D eigenvalue weighted by Crippen LogP contribution is 2.31. The van der Waals surface area contributed by atoms with Crippen molar-refractivity contribution in [1.29, 1.82) is 0 Å². The van der Waals surface area contributed by atoms with Crippen molar-refractivity contribution in [2.24, 2.45) is 5.92 Å². The molecule has 0 spiro atoms. The number of carbonyl (C=O) groups is 1. The van der Waals surface area contributed by atoms with Gasteiger partial charge in [0, 0.05) is 17.5 Å². The van der Waals surface area contributed by atoms with Crippen LogP contribution in [0.3, 0.4) is 0 Å². The Morgan fingerprint density at radius 2 is 2.06 bits per heavy atom. The molecule has 2 rings (SSSR count). The third-order valence-electron chi connectivity index (χ3n) is 3.33. The highest BCUT2D eigenvalue weighted by Gasteiger charge is 2.28. The van der Waals surface area contributed by atoms with Crippen LogP contribution < -0.4 is 0 Å². The molecule has 1 aromatic carbocycles. The van der Waals surface area contributed by atoms with E-state index in [0.717, 1.165) is 30.8 Å². The van der Waals surface area contributed by atoms with Crippen molar-refractivity contribution in [3.05, 3.63) is 34.9 Å². The standard InChI is InChI=1S/C13H16ClNO/c1-15-7-6-13(11(8-15)9-16)10-2-4-12(14)5-3-10/h2-5,9,11,13H,6-8H2,1H3. The summed E-state index contributed by atoms with van der Waals surface area (Å²) < 4.78 is 0. The summed E-state index contributed by atoms with van der Waals surface area (Å²) in [7, 11) is 2.06. The SMILES string of the molecule is CN1CCC(c2ccc(Cl)cc2)C(C=O)C1. The summed E-state index contributed by atoms with van der Waals surface area (Å²) in [5.41, 5.74) is 1.23. The summed E-state index contributed by atoms with van der Waals surface area (Å²) in [4.78, 5) is 13.3. The third-order valence-corrected chi connectivity index (χ3v) is 3.59. The highest BCUT2D eigenvalue weighted by atomic mass is 35.5. The Balaban J connectivity index is 2.19. The average Bonchev–Trinajstić information content (AvgIpc) is 2.30. The number of piperidine rings is 1. The number of benzene rings is 1. The van der Waals surface area contributed by atoms with Crippen molar-refractivity contribution in [3.63, 3.8) is 0 Å². The molecule has 1 aliphatic rings. The number of halogens is 1. The number of hydrogen-bond acceptors (Lipinski definition) is 2. The summed E-state index contributed by atoms with van der Waals surface area (Å²) >= 11 is 5.87. The van der Waals surface area contributed by atoms with Gasteiger partial charge in [-0.05, 0) is 43.6 Å². The molecule has 1 saturated heterocycles. The minimum absolute atomic E-state index is 0.111. The molecule has 3 heteroatoms. The Morgan fingerprint density at radius 3 is 2.69 bits per heavy atom. The maximum absolute atomic E-state index is 11.1. The summed E-state index contributed by atoms with van der Waals surface area (Å²) in [5, 5.41) is 0.749. The fraction of sp³-hybridized carbons (Fsp3) is 0.462. The van der Waals surface area contributed by atoms with Crippen molar-refractivity contribution in [2.45, 2.75) is 12.3 Å². The number of likely N-dealkylation sites (tertiary alicyclic amines) is 1. The van der Waals surface area contributed by atoms with Crippen molar-refractivity contribution in [1.82, 2.24) is 4.90 Å². The predicted molar refractivity (Wildman–Crippen MR) is 65.9 cm³/mol. The van der Waals surface area contributed by atoms with Crippen molar-refractivity contribution >= 4 is 17.9 Å². The lowest BCUT2D eigenvalue weighted by molar-refractivity contribution is -0.113. The molecule has 0 N–H and O–H groups in total. The molecule has 0 bridgehead atoms. The van der Waals surface area contributed by atoms with Gasteiger partial charge in [-0.25, -0.2) is 0 Å². The van der Waals surface area contributed by atoms with Gasteiger partial charge in [0.15, 0.2) is 0 Å². The van der Waals surface area contributed by atoms with Gasteiger partial charge in [-0.2, -0.15) is 0 Å². The van der Waals surface area contributed by atoms with Gasteiger partial charge in [0.05, 0.1) is 0 Å². The molecule has 2 unspecified atom stereocenters. The summed E-state index contributed by atoms with van der Waals surface area (Å²) in [6.45, 7) is 1.91. The molecule has 1 aliphatic heterocycles. The summed E-state index contributed by atoms with van der Waals surface area (Å²) in [6.07, 6.45) is 2.14. The van der Waals surface area contributed by atoms with E-state index in [4.69, 9.17) is 11.6 Å². The third kappa shape index (κ3) is 2.45. The topological polar surface area (TPSA) is 20.3 Å². The zero-order chi connectivity index (χ0) is 11.5. The molecular formula is C13H16ClNO. The normalized spacial score (nSPS) is 26.6. The number of rotatable bonds is 2. The fourth-order valence-corrected chi connectivity index (χ4v) is 2.54. The average molecular weight is 238 g/mol. The van der Waals surface area contributed by atoms with E-state index in [1.54, 1.807) is 0 Å². The van der Waals surface area contributed by atoms with Gasteiger partial charge in [0.1, 0.15) is 6.29 Å². The van der Waals surface area contributed by atoms with Crippen molar-refractivity contribution in [2.75, 3.05) is 20.1 Å². The van der Waals surface area contributed by atoms with Gasteiger partial charge >= 0.3 is 0 Å². The quantitative estimate of drug-likeness (QED) is 0.737. The van der Waals surface area contributed by atoms with Crippen LogP contribution in [0.5, 0.6) is 0 Å². The number of hydrogen-bond donors (Lipinski definition) is 0. The van der Waals surface area contributed by atoms with Gasteiger partial charge in [0.2, 0.25) is 0 Å². The molecule has 1 heterocycles. The van der Waals surface area contributed by atoms with Crippen LogP contribution in [-0.2, 0) is 4.79 Å². The van der Waals surface area contributed by atoms with Crippen LogP contribution in [0.2, 0.25) is 5.02 Å². The second kappa shape index (κ2) is 4.98. The smallest absolute Gasteiger partial charge is 0.124 e. The highest BCUT2D eigenvalue weighted by molar-refractivity contribution is 6.30. The second-order valence-electron chi connectivity index (χ2n) is 4.51. The van der Waals surface area contributed by atoms with E-state index in [0.29, 0.717) is 5.92 Å². The number of carbonyl (C=O) groups excluding carboxylic acids is 1. The summed E-state index contributed by atoms with van der Waals surface area (Å²) in [5.74, 6) is 0.464. The van der Waals surface area contributed by atoms with Gasteiger partial charge in [0.25, 0.3) is 0 Å². The van der Waals surface area contributed by atoms with E-state index in [9.17, 15) is 4.79 Å². The molecule has 0 aromatic heterocycles. The molecular weight excluding hydrogens is 222 g/mol. The number of aldehydes is 1. The number of nitrogens with zero attached hydrogens (tertiary/aromatic N) is 1. The molecule has 2 atom stereocenters. The Labute approximate surface area is 101 Å². The lowest BCUT2D eigenvalue weighted by Gasteiger charge is -2.34. The first-order valence-electron chi connectivity index (χ1n) is 5.60. The molecule has 0 aliphatic carbocycles. The van der Waals surface area contributed by atoms with E-state index in [-0.39, 0.29) is 5.92 Å². The van der Waals surface area contributed by atoms with Crippen LogP contribution in [0, 0.1) is 5.92 Å². The van der Waals surface area contributed by atoms with Gasteiger partial charge < -0.3 is 9.69 Å². The Morgan fingerprint density at radius 1 is 1.38 bits per heavy atom. The molecule has 0 radical (unpaired) electrons. The van der Waals surface area contributed by atoms with Gasteiger partial charge in [-0.15, -0.1) is 0 Å². The van der Waals surface area contributed by atoms with E-state index >= 15 is 0 Å². The Kier molecular flexibility index (Phi) is 3.62. The van der Waals surface area contributed by atoms with Crippen molar-refractivity contribution in [3.8, 4) is 0 Å². The largest absolute Gasteiger partial charge is 0.306 e. The second-order valence-corrected chi connectivity index (χ2v) is 4.95. The maximum Gasteiger partial charge on any atom is 0.124 e. The van der Waals surface area contributed by atoms with Crippen LogP contribution in [0.15, 0.2) is 24.3 Å². The van der Waals surface area contributed by atoms with Crippen LogP contribution in [0.1, 0.15) is 17.9 Å². The maximum atomic E-state index is 11.1. The molecule has 1 aromatic rings. The monoisotopic (exact) mass is 237 g/mol. The van der Waals surface area contributed by atoms with Crippen LogP contribution in [0.25, 0.3) is 0 Å². The van der Waals surface area contributed by atoms with E-state index in [1.807, 2.05) is 24.3 Å². The van der Waals surface area contributed by atoms with Gasteiger partial charge in [-0.3, -0.25) is 0 Å². The van der Waals surface area contributed by atoms with E-state index < -0.39 is 0 Å². The first-order valence-corrected chi connectivity index (χ1v) is 5.98. The lowest BCUT2D eigenvalue weighted by Crippen LogP contribution is -2.37. The lowest BCUT2D eigenvalue weighted by atomic mass is 9.81. The molecule has 1 fully saturated rings. The van der Waals surface area contributed by atoms with E-state index in [2.05, 4.69) is 11.9 Å². The summed E-state index contributed by atoms with van der Waals surface area (Å²) in [6, 6.07) is 7.87. The van der Waals surface area contributed by atoms with Crippen molar-refractivity contribution < 1.29 is 4.79 Å². The van der Waals surface area contributed by atoms with E-state index in [1.165, 1.54) is 5.56 Å². The molecule has 86 valence electrons. The van der Waals surface area contributed by atoms with Gasteiger partial charge in [-0.1, -0.05) is 23.7 Å². The first kappa shape index (κ1) is 11.6. The zero-order valence-electron chi connectivity index (χ0n) is 9.40. The molecule has 0 saturated carbocycles. The van der Waals surface area contributed by atoms with Crippen LogP contribution >= 0.6 is 11.6 Å². The van der Waals surface area contributed by atoms with Crippen LogP contribution in [-0.4, -0.2) is 31.3 Å². The minimum atomic E-state index is 0.111.